The van der Waals surface area contributed by atoms with Gasteiger partial charge in [-0.05, 0) is 76.1 Å². The maximum atomic E-state index is 5.44. The molecule has 0 aliphatic heterocycles. The van der Waals surface area contributed by atoms with Gasteiger partial charge in [0.15, 0.2) is 11.6 Å². The first-order valence-electron chi connectivity index (χ1n) is 21.7. The van der Waals surface area contributed by atoms with Crippen LogP contribution in [-0.2, 0) is 0 Å². The lowest BCUT2D eigenvalue weighted by Gasteiger charge is -2.15. The lowest BCUT2D eigenvalue weighted by atomic mass is 9.97. The number of benzene rings is 9. The zero-order valence-electron chi connectivity index (χ0n) is 35.1. The van der Waals surface area contributed by atoms with Crippen LogP contribution in [0.1, 0.15) is 0 Å². The first-order valence-corrected chi connectivity index (χ1v) is 21.7. The van der Waals surface area contributed by atoms with Crippen LogP contribution < -0.4 is 0 Å². The Labute approximate surface area is 375 Å². The molecule has 0 saturated carbocycles. The number of aromatic nitrogens is 6. The Balaban J connectivity index is 1.15. The minimum atomic E-state index is 0.647. The van der Waals surface area contributed by atoms with Crippen molar-refractivity contribution in [2.45, 2.75) is 0 Å². The van der Waals surface area contributed by atoms with Crippen LogP contribution in [0.25, 0.3) is 117 Å². The molecule has 0 spiro atoms. The fraction of sp³-hybridized carbons (Fsp3) is 0. The Morgan fingerprint density at radius 1 is 0.292 bits per heavy atom. The third-order valence-electron chi connectivity index (χ3n) is 12.0. The van der Waals surface area contributed by atoms with Crippen molar-refractivity contribution in [2.24, 2.45) is 0 Å². The van der Waals surface area contributed by atoms with Gasteiger partial charge < -0.3 is 0 Å². The van der Waals surface area contributed by atoms with Crippen LogP contribution in [0.3, 0.4) is 0 Å². The van der Waals surface area contributed by atoms with Gasteiger partial charge in [0.2, 0.25) is 0 Å². The van der Waals surface area contributed by atoms with Gasteiger partial charge in [0.25, 0.3) is 0 Å². The molecule has 0 atom stereocenters. The monoisotopic (exact) mass is 830 g/mol. The van der Waals surface area contributed by atoms with Crippen molar-refractivity contribution < 1.29 is 0 Å². The number of imidazole rings is 1. The largest absolute Gasteiger partial charge is 0.292 e. The van der Waals surface area contributed by atoms with Crippen molar-refractivity contribution in [1.29, 1.82) is 0 Å². The van der Waals surface area contributed by atoms with Crippen LogP contribution in [0.5, 0.6) is 0 Å². The van der Waals surface area contributed by atoms with E-state index in [1.807, 2.05) is 24.3 Å². The molecule has 0 amide bonds. The van der Waals surface area contributed by atoms with Crippen molar-refractivity contribution in [1.82, 2.24) is 29.5 Å². The number of nitrogens with zero attached hydrogens (tertiary/aromatic N) is 6. The Hall–Kier alpha value is -8.87. The zero-order valence-corrected chi connectivity index (χ0v) is 35.1. The van der Waals surface area contributed by atoms with Crippen LogP contribution >= 0.6 is 0 Å². The summed E-state index contributed by atoms with van der Waals surface area (Å²) >= 11 is 0. The second kappa shape index (κ2) is 16.1. The van der Waals surface area contributed by atoms with Gasteiger partial charge in [-0.15, -0.1) is 0 Å². The van der Waals surface area contributed by atoms with E-state index in [0.29, 0.717) is 11.6 Å². The highest BCUT2D eigenvalue weighted by Crippen LogP contribution is 2.39. The van der Waals surface area contributed by atoms with Crippen molar-refractivity contribution in [2.75, 3.05) is 0 Å². The lowest BCUT2D eigenvalue weighted by molar-refractivity contribution is 1.10. The summed E-state index contributed by atoms with van der Waals surface area (Å²) in [7, 11) is 0. The smallest absolute Gasteiger partial charge is 0.161 e. The molecule has 0 aliphatic rings. The van der Waals surface area contributed by atoms with E-state index in [-0.39, 0.29) is 0 Å². The minimum absolute atomic E-state index is 0.647. The molecule has 0 fully saturated rings. The molecular weight excluding hydrogens is 793 g/mol. The van der Waals surface area contributed by atoms with Gasteiger partial charge >= 0.3 is 0 Å². The standard InChI is InChI=1S/C59H38N6/c1-4-20-41(21-5-1)52-37-54(62-57(60-52)49-30-16-24-39-18-10-12-28-47(39)49)43-34-44(36-45(35-43)59-64-51-32-14-15-33-56(51)65(59)46-26-8-3-9-27-46)55-38-53(42-22-6-2-7-23-42)61-58(63-55)50-31-17-25-40-19-11-13-29-48(40)50/h1-38H. The molecule has 0 aliphatic carbocycles. The Kier molecular flexibility index (Phi) is 9.38. The molecule has 65 heavy (non-hydrogen) atoms. The van der Waals surface area contributed by atoms with Gasteiger partial charge in [-0.2, -0.15) is 0 Å². The van der Waals surface area contributed by atoms with Crippen LogP contribution in [0.4, 0.5) is 0 Å². The third-order valence-corrected chi connectivity index (χ3v) is 12.0. The predicted molar refractivity (Wildman–Crippen MR) is 265 cm³/mol. The fourth-order valence-electron chi connectivity index (χ4n) is 8.90. The molecule has 0 bridgehead atoms. The number of hydrogen-bond acceptors (Lipinski definition) is 5. The molecule has 0 saturated heterocycles. The predicted octanol–water partition coefficient (Wildman–Crippen LogP) is 14.6. The summed E-state index contributed by atoms with van der Waals surface area (Å²) in [6, 6.07) is 79.7. The van der Waals surface area contributed by atoms with Gasteiger partial charge in [-0.3, -0.25) is 4.57 Å². The van der Waals surface area contributed by atoms with Gasteiger partial charge in [0.1, 0.15) is 5.82 Å². The normalized spacial score (nSPS) is 11.4. The van der Waals surface area contributed by atoms with E-state index in [4.69, 9.17) is 24.9 Å². The highest BCUT2D eigenvalue weighted by Gasteiger charge is 2.21. The highest BCUT2D eigenvalue weighted by molar-refractivity contribution is 5.97. The van der Waals surface area contributed by atoms with Gasteiger partial charge in [0, 0.05) is 44.6 Å². The van der Waals surface area contributed by atoms with E-state index in [1.165, 1.54) is 0 Å². The first kappa shape index (κ1) is 37.9. The van der Waals surface area contributed by atoms with Crippen LogP contribution in [0, 0.1) is 0 Å². The number of para-hydroxylation sites is 3. The molecule has 9 aromatic carbocycles. The molecule has 0 radical (unpaired) electrons. The van der Waals surface area contributed by atoms with E-state index in [1.54, 1.807) is 0 Å². The Morgan fingerprint density at radius 2 is 0.708 bits per heavy atom. The molecule has 12 aromatic rings. The summed E-state index contributed by atoms with van der Waals surface area (Å²) in [5.41, 5.74) is 12.8. The lowest BCUT2D eigenvalue weighted by Crippen LogP contribution is -2.00. The molecule has 6 nitrogen and oxygen atoms in total. The van der Waals surface area contributed by atoms with Gasteiger partial charge in [-0.25, -0.2) is 24.9 Å². The maximum Gasteiger partial charge on any atom is 0.161 e. The topological polar surface area (TPSA) is 69.4 Å². The molecule has 12 rings (SSSR count). The van der Waals surface area contributed by atoms with Crippen molar-refractivity contribution in [3.05, 3.63) is 231 Å². The quantitative estimate of drug-likeness (QED) is 0.153. The fourth-order valence-corrected chi connectivity index (χ4v) is 8.90. The average molecular weight is 831 g/mol. The summed E-state index contributed by atoms with van der Waals surface area (Å²) < 4.78 is 2.24. The number of hydrogen-bond donors (Lipinski definition) is 0. The molecule has 3 aromatic heterocycles. The van der Waals surface area contributed by atoms with E-state index in [2.05, 4.69) is 211 Å². The number of rotatable bonds is 8. The van der Waals surface area contributed by atoms with Crippen molar-refractivity contribution in [3.63, 3.8) is 0 Å². The zero-order chi connectivity index (χ0) is 43.1. The molecule has 3 heterocycles. The summed E-state index contributed by atoms with van der Waals surface area (Å²) in [5, 5.41) is 4.44. The van der Waals surface area contributed by atoms with Crippen LogP contribution in [-0.4, -0.2) is 29.5 Å². The summed E-state index contributed by atoms with van der Waals surface area (Å²) in [6.07, 6.45) is 0. The summed E-state index contributed by atoms with van der Waals surface area (Å²) in [6.45, 7) is 0. The van der Waals surface area contributed by atoms with E-state index >= 15 is 0 Å². The third kappa shape index (κ3) is 7.09. The minimum Gasteiger partial charge on any atom is -0.292 e. The SMILES string of the molecule is c1ccc(-c2cc(-c3cc(-c4cc(-c5ccccc5)nc(-c5cccc6ccccc56)n4)cc(-c4nc5ccccc5n4-c4ccccc4)c3)nc(-c3cccc4ccccc34)n2)cc1. The summed E-state index contributed by atoms with van der Waals surface area (Å²) in [4.78, 5) is 26.7. The molecule has 6 heteroatoms. The average Bonchev–Trinajstić information content (AvgIpc) is 3.79. The first-order chi connectivity index (χ1) is 32.2. The summed E-state index contributed by atoms with van der Waals surface area (Å²) in [5.74, 6) is 2.10. The maximum absolute atomic E-state index is 5.44. The molecular formula is C59H38N6. The molecule has 304 valence electrons. The second-order valence-electron chi connectivity index (χ2n) is 16.1. The molecule has 0 unspecified atom stereocenters. The van der Waals surface area contributed by atoms with Crippen molar-refractivity contribution in [3.8, 4) is 84.9 Å². The van der Waals surface area contributed by atoms with Crippen molar-refractivity contribution >= 4 is 32.6 Å². The highest BCUT2D eigenvalue weighted by atomic mass is 15.1. The van der Waals surface area contributed by atoms with Crippen LogP contribution in [0.15, 0.2) is 231 Å². The van der Waals surface area contributed by atoms with E-state index in [0.717, 1.165) is 106 Å². The van der Waals surface area contributed by atoms with Crippen LogP contribution in [0.2, 0.25) is 0 Å². The van der Waals surface area contributed by atoms with Gasteiger partial charge in [-0.1, -0.05) is 176 Å². The Bertz CT molecular complexity index is 3520. The Morgan fingerprint density at radius 3 is 1.25 bits per heavy atom. The second-order valence-corrected chi connectivity index (χ2v) is 16.1. The number of fused-ring (bicyclic) bond motifs is 3. The van der Waals surface area contributed by atoms with E-state index < -0.39 is 0 Å². The van der Waals surface area contributed by atoms with Gasteiger partial charge in [0.05, 0.1) is 33.8 Å². The molecule has 0 N–H and O–H groups in total. The van der Waals surface area contributed by atoms with E-state index in [9.17, 15) is 0 Å².